The van der Waals surface area contributed by atoms with Crippen molar-refractivity contribution >= 4 is 5.97 Å². The zero-order valence-corrected chi connectivity index (χ0v) is 12.3. The van der Waals surface area contributed by atoms with Gasteiger partial charge < -0.3 is 4.74 Å². The van der Waals surface area contributed by atoms with Gasteiger partial charge in [0, 0.05) is 0 Å². The third-order valence-electron chi connectivity index (χ3n) is 3.46. The number of ether oxygens (including phenoxy) is 1. The highest BCUT2D eigenvalue weighted by Crippen LogP contribution is 2.23. The van der Waals surface area contributed by atoms with Gasteiger partial charge in [0.25, 0.3) is 0 Å². The molecular formula is C15H30O2. The SMILES string of the molecule is CCCCCC(C)CC(C)CC(C)C(=O)OC. The fourth-order valence-electron chi connectivity index (χ4n) is 2.54. The lowest BCUT2D eigenvalue weighted by molar-refractivity contribution is -0.145. The molecule has 0 saturated carbocycles. The summed E-state index contributed by atoms with van der Waals surface area (Å²) < 4.78 is 4.76. The van der Waals surface area contributed by atoms with Crippen molar-refractivity contribution in [3.05, 3.63) is 0 Å². The van der Waals surface area contributed by atoms with Gasteiger partial charge in [-0.05, 0) is 24.7 Å². The molecule has 0 radical (unpaired) electrons. The van der Waals surface area contributed by atoms with Crippen molar-refractivity contribution in [2.45, 2.75) is 66.2 Å². The van der Waals surface area contributed by atoms with E-state index in [1.807, 2.05) is 6.92 Å². The topological polar surface area (TPSA) is 26.3 Å². The van der Waals surface area contributed by atoms with Crippen LogP contribution in [0.1, 0.15) is 66.2 Å². The van der Waals surface area contributed by atoms with Crippen LogP contribution in [0.25, 0.3) is 0 Å². The van der Waals surface area contributed by atoms with Crippen LogP contribution < -0.4 is 0 Å². The molecule has 3 atom stereocenters. The maximum absolute atomic E-state index is 11.3. The first kappa shape index (κ1) is 16.5. The number of rotatable bonds is 9. The van der Waals surface area contributed by atoms with Crippen molar-refractivity contribution in [1.82, 2.24) is 0 Å². The predicted molar refractivity (Wildman–Crippen MR) is 72.9 cm³/mol. The number of methoxy groups -OCH3 is 1. The first-order valence-corrected chi connectivity index (χ1v) is 7.09. The number of carbonyl (C=O) groups excluding carboxylic acids is 1. The van der Waals surface area contributed by atoms with E-state index >= 15 is 0 Å². The van der Waals surface area contributed by atoms with Crippen molar-refractivity contribution in [1.29, 1.82) is 0 Å². The van der Waals surface area contributed by atoms with Gasteiger partial charge in [-0.1, -0.05) is 53.4 Å². The Hall–Kier alpha value is -0.530. The molecule has 0 aromatic heterocycles. The molecular weight excluding hydrogens is 212 g/mol. The summed E-state index contributed by atoms with van der Waals surface area (Å²) >= 11 is 0. The van der Waals surface area contributed by atoms with Gasteiger partial charge in [0.1, 0.15) is 0 Å². The van der Waals surface area contributed by atoms with Crippen molar-refractivity contribution in [2.24, 2.45) is 17.8 Å². The molecule has 0 bridgehead atoms. The summed E-state index contributed by atoms with van der Waals surface area (Å²) in [5, 5.41) is 0. The smallest absolute Gasteiger partial charge is 0.308 e. The molecule has 0 aliphatic heterocycles. The van der Waals surface area contributed by atoms with E-state index in [0.717, 1.165) is 12.3 Å². The standard InChI is InChI=1S/C15H30O2/c1-6-7-8-9-12(2)10-13(3)11-14(4)15(16)17-5/h12-14H,6-11H2,1-5H3. The molecule has 0 rings (SSSR count). The number of hydrogen-bond donors (Lipinski definition) is 0. The minimum Gasteiger partial charge on any atom is -0.469 e. The summed E-state index contributed by atoms with van der Waals surface area (Å²) in [5.41, 5.74) is 0. The zero-order valence-electron chi connectivity index (χ0n) is 12.3. The Morgan fingerprint density at radius 3 is 2.24 bits per heavy atom. The summed E-state index contributed by atoms with van der Waals surface area (Å²) in [6.07, 6.45) is 7.48. The molecule has 0 aliphatic carbocycles. The fraction of sp³-hybridized carbons (Fsp3) is 0.933. The van der Waals surface area contributed by atoms with Crippen molar-refractivity contribution in [2.75, 3.05) is 7.11 Å². The van der Waals surface area contributed by atoms with Gasteiger partial charge in [0.05, 0.1) is 13.0 Å². The second kappa shape index (κ2) is 9.49. The number of carbonyl (C=O) groups is 1. The second-order valence-electron chi connectivity index (χ2n) is 5.60. The maximum atomic E-state index is 11.3. The van der Waals surface area contributed by atoms with E-state index in [9.17, 15) is 4.79 Å². The van der Waals surface area contributed by atoms with Gasteiger partial charge in [-0.3, -0.25) is 4.79 Å². The Bertz CT molecular complexity index is 201. The van der Waals surface area contributed by atoms with Crippen LogP contribution in [-0.2, 0) is 9.53 Å². The summed E-state index contributed by atoms with van der Waals surface area (Å²) in [7, 11) is 1.47. The molecule has 0 N–H and O–H groups in total. The molecule has 0 heterocycles. The fourth-order valence-corrected chi connectivity index (χ4v) is 2.54. The predicted octanol–water partition coefficient (Wildman–Crippen LogP) is 4.43. The molecule has 0 saturated heterocycles. The molecule has 0 aromatic rings. The normalized spacial score (nSPS) is 16.3. The zero-order chi connectivity index (χ0) is 13.3. The van der Waals surface area contributed by atoms with Crippen molar-refractivity contribution in [3.8, 4) is 0 Å². The Morgan fingerprint density at radius 2 is 1.71 bits per heavy atom. The van der Waals surface area contributed by atoms with Crippen LogP contribution in [0, 0.1) is 17.8 Å². The van der Waals surface area contributed by atoms with E-state index in [2.05, 4.69) is 20.8 Å². The van der Waals surface area contributed by atoms with Gasteiger partial charge in [-0.25, -0.2) is 0 Å². The van der Waals surface area contributed by atoms with Gasteiger partial charge in [-0.2, -0.15) is 0 Å². The first-order chi connectivity index (χ1) is 8.01. The van der Waals surface area contributed by atoms with E-state index in [4.69, 9.17) is 4.74 Å². The van der Waals surface area contributed by atoms with Gasteiger partial charge in [0.2, 0.25) is 0 Å². The third-order valence-corrected chi connectivity index (χ3v) is 3.46. The number of unbranched alkanes of at least 4 members (excludes halogenated alkanes) is 2. The molecule has 2 nitrogen and oxygen atoms in total. The monoisotopic (exact) mass is 242 g/mol. The molecule has 3 unspecified atom stereocenters. The molecule has 2 heteroatoms. The highest BCUT2D eigenvalue weighted by molar-refractivity contribution is 5.71. The largest absolute Gasteiger partial charge is 0.469 e. The van der Waals surface area contributed by atoms with Crippen molar-refractivity contribution < 1.29 is 9.53 Å². The van der Waals surface area contributed by atoms with Crippen LogP contribution in [0.15, 0.2) is 0 Å². The highest BCUT2D eigenvalue weighted by Gasteiger charge is 2.18. The first-order valence-electron chi connectivity index (χ1n) is 7.09. The third kappa shape index (κ3) is 8.23. The molecule has 0 amide bonds. The maximum Gasteiger partial charge on any atom is 0.308 e. The van der Waals surface area contributed by atoms with Crippen LogP contribution in [0.4, 0.5) is 0 Å². The lowest BCUT2D eigenvalue weighted by atomic mass is 9.87. The van der Waals surface area contributed by atoms with E-state index in [1.165, 1.54) is 39.2 Å². The summed E-state index contributed by atoms with van der Waals surface area (Å²) in [6, 6.07) is 0. The second-order valence-corrected chi connectivity index (χ2v) is 5.60. The quantitative estimate of drug-likeness (QED) is 0.441. The molecule has 0 spiro atoms. The van der Waals surface area contributed by atoms with Crippen LogP contribution in [0.2, 0.25) is 0 Å². The van der Waals surface area contributed by atoms with E-state index in [-0.39, 0.29) is 11.9 Å². The average Bonchev–Trinajstić information content (AvgIpc) is 2.27. The Labute approximate surface area is 107 Å². The molecule has 17 heavy (non-hydrogen) atoms. The van der Waals surface area contributed by atoms with E-state index < -0.39 is 0 Å². The number of esters is 1. The summed E-state index contributed by atoms with van der Waals surface area (Å²) in [6.45, 7) is 8.78. The summed E-state index contributed by atoms with van der Waals surface area (Å²) in [4.78, 5) is 11.3. The Kier molecular flexibility index (Phi) is 9.20. The van der Waals surface area contributed by atoms with Gasteiger partial charge in [0.15, 0.2) is 0 Å². The van der Waals surface area contributed by atoms with Crippen LogP contribution in [-0.4, -0.2) is 13.1 Å². The Balaban J connectivity index is 3.76. The van der Waals surface area contributed by atoms with Crippen LogP contribution in [0.5, 0.6) is 0 Å². The van der Waals surface area contributed by atoms with E-state index in [0.29, 0.717) is 5.92 Å². The average molecular weight is 242 g/mol. The van der Waals surface area contributed by atoms with Crippen LogP contribution in [0.3, 0.4) is 0 Å². The number of hydrogen-bond acceptors (Lipinski definition) is 2. The highest BCUT2D eigenvalue weighted by atomic mass is 16.5. The lowest BCUT2D eigenvalue weighted by Gasteiger charge is -2.19. The molecule has 102 valence electrons. The van der Waals surface area contributed by atoms with E-state index in [1.54, 1.807) is 0 Å². The van der Waals surface area contributed by atoms with Gasteiger partial charge in [-0.15, -0.1) is 0 Å². The molecule has 0 aromatic carbocycles. The van der Waals surface area contributed by atoms with Gasteiger partial charge >= 0.3 is 5.97 Å². The minimum atomic E-state index is -0.0736. The van der Waals surface area contributed by atoms with Crippen LogP contribution >= 0.6 is 0 Å². The molecule has 0 fully saturated rings. The Morgan fingerprint density at radius 1 is 1.06 bits per heavy atom. The van der Waals surface area contributed by atoms with Crippen molar-refractivity contribution in [3.63, 3.8) is 0 Å². The summed E-state index contributed by atoms with van der Waals surface area (Å²) in [5.74, 6) is 1.36. The molecule has 0 aliphatic rings. The lowest BCUT2D eigenvalue weighted by Crippen LogP contribution is -2.16. The minimum absolute atomic E-state index is 0.0397.